The number of nitrogens with zero attached hydrogens (tertiary/aromatic N) is 2. The Morgan fingerprint density at radius 2 is 2.47 bits per heavy atom. The molecule has 1 aliphatic rings. The van der Waals surface area contributed by atoms with E-state index in [1.54, 1.807) is 4.57 Å². The number of rotatable bonds is 4. The topological polar surface area (TPSA) is 88.7 Å². The first-order chi connectivity index (χ1) is 7.16. The van der Waals surface area contributed by atoms with Gasteiger partial charge < -0.3 is 11.1 Å². The Hall–Kier alpha value is -1.37. The SMILES string of the molecule is Nc1n[nH]c(=S)n1CCC(=O)NC1CC1. The zero-order valence-electron chi connectivity index (χ0n) is 8.19. The second-order valence-corrected chi connectivity index (χ2v) is 4.02. The van der Waals surface area contributed by atoms with Crippen LogP contribution in [0.15, 0.2) is 0 Å². The Labute approximate surface area is 91.9 Å². The summed E-state index contributed by atoms with van der Waals surface area (Å²) in [6.07, 6.45) is 2.58. The van der Waals surface area contributed by atoms with E-state index in [9.17, 15) is 4.79 Å². The molecule has 0 aliphatic heterocycles. The number of carbonyl (C=O) groups excluding carboxylic acids is 1. The van der Waals surface area contributed by atoms with Crippen LogP contribution in [0.25, 0.3) is 0 Å². The summed E-state index contributed by atoms with van der Waals surface area (Å²) in [6.45, 7) is 0.472. The molecule has 1 aromatic rings. The number of nitrogens with two attached hydrogens (primary N) is 1. The average molecular weight is 227 g/mol. The Morgan fingerprint density at radius 1 is 1.73 bits per heavy atom. The Balaban J connectivity index is 1.86. The molecule has 0 aromatic carbocycles. The van der Waals surface area contributed by atoms with E-state index >= 15 is 0 Å². The minimum Gasteiger partial charge on any atom is -0.368 e. The normalized spacial score (nSPS) is 15.2. The predicted octanol–water partition coefficient (Wildman–Crippen LogP) is 0.192. The highest BCUT2D eigenvalue weighted by atomic mass is 32.1. The van der Waals surface area contributed by atoms with E-state index in [0.29, 0.717) is 29.7 Å². The molecule has 0 atom stereocenters. The second kappa shape index (κ2) is 4.01. The standard InChI is InChI=1S/C8H13N5OS/c9-7-11-12-8(15)13(7)4-3-6(14)10-5-1-2-5/h5H,1-4H2,(H2,9,11)(H,10,14)(H,12,15). The highest BCUT2D eigenvalue weighted by Crippen LogP contribution is 2.18. The molecular formula is C8H13N5OS. The first-order valence-electron chi connectivity index (χ1n) is 4.87. The Bertz CT molecular complexity index is 419. The molecule has 0 spiro atoms. The van der Waals surface area contributed by atoms with Gasteiger partial charge in [-0.05, 0) is 25.1 Å². The van der Waals surface area contributed by atoms with Crippen molar-refractivity contribution in [3.8, 4) is 0 Å². The van der Waals surface area contributed by atoms with Crippen molar-refractivity contribution in [1.82, 2.24) is 20.1 Å². The Kier molecular flexibility index (Phi) is 2.72. The molecule has 0 saturated heterocycles. The van der Waals surface area contributed by atoms with Crippen molar-refractivity contribution >= 4 is 24.1 Å². The van der Waals surface area contributed by atoms with E-state index in [4.69, 9.17) is 18.0 Å². The quantitative estimate of drug-likeness (QED) is 0.641. The number of anilines is 1. The minimum absolute atomic E-state index is 0.0417. The van der Waals surface area contributed by atoms with Crippen LogP contribution in [0.5, 0.6) is 0 Å². The highest BCUT2D eigenvalue weighted by Gasteiger charge is 2.22. The van der Waals surface area contributed by atoms with Gasteiger partial charge in [-0.2, -0.15) is 0 Å². The lowest BCUT2D eigenvalue weighted by Crippen LogP contribution is -2.26. The number of nitrogens with one attached hydrogen (secondary N) is 2. The van der Waals surface area contributed by atoms with Gasteiger partial charge in [0.05, 0.1) is 0 Å². The number of carbonyl (C=O) groups is 1. The lowest BCUT2D eigenvalue weighted by Gasteiger charge is -2.04. The average Bonchev–Trinajstić information content (AvgIpc) is 2.93. The molecule has 0 unspecified atom stereocenters. The largest absolute Gasteiger partial charge is 0.368 e. The third kappa shape index (κ3) is 2.56. The van der Waals surface area contributed by atoms with Crippen molar-refractivity contribution in [1.29, 1.82) is 0 Å². The molecule has 1 aromatic heterocycles. The smallest absolute Gasteiger partial charge is 0.222 e. The van der Waals surface area contributed by atoms with Gasteiger partial charge in [-0.15, -0.1) is 5.10 Å². The van der Waals surface area contributed by atoms with Gasteiger partial charge in [0.15, 0.2) is 4.77 Å². The number of aromatic amines is 1. The number of aromatic nitrogens is 3. The fourth-order valence-corrected chi connectivity index (χ4v) is 1.52. The van der Waals surface area contributed by atoms with E-state index in [0.717, 1.165) is 12.8 Å². The summed E-state index contributed by atoms with van der Waals surface area (Å²) in [7, 11) is 0. The molecule has 0 bridgehead atoms. The molecule has 15 heavy (non-hydrogen) atoms. The first kappa shape index (κ1) is 10.2. The van der Waals surface area contributed by atoms with Gasteiger partial charge >= 0.3 is 0 Å². The van der Waals surface area contributed by atoms with E-state index in [2.05, 4.69) is 15.5 Å². The number of nitrogen functional groups attached to an aromatic ring is 1. The molecule has 1 saturated carbocycles. The third-order valence-electron chi connectivity index (χ3n) is 2.29. The molecule has 1 fully saturated rings. The van der Waals surface area contributed by atoms with Crippen LogP contribution in [0.4, 0.5) is 5.95 Å². The fourth-order valence-electron chi connectivity index (χ4n) is 1.29. The molecule has 2 rings (SSSR count). The van der Waals surface area contributed by atoms with Crippen LogP contribution in [0.2, 0.25) is 0 Å². The van der Waals surface area contributed by atoms with Crippen LogP contribution < -0.4 is 11.1 Å². The van der Waals surface area contributed by atoms with Gasteiger partial charge in [-0.1, -0.05) is 0 Å². The van der Waals surface area contributed by atoms with Crippen molar-refractivity contribution in [2.45, 2.75) is 31.8 Å². The molecule has 7 heteroatoms. The van der Waals surface area contributed by atoms with E-state index in [1.807, 2.05) is 0 Å². The number of hydrogen-bond acceptors (Lipinski definition) is 4. The lowest BCUT2D eigenvalue weighted by molar-refractivity contribution is -0.121. The van der Waals surface area contributed by atoms with Gasteiger partial charge in [0.25, 0.3) is 0 Å². The van der Waals surface area contributed by atoms with Crippen molar-refractivity contribution in [2.75, 3.05) is 5.73 Å². The Morgan fingerprint density at radius 3 is 3.00 bits per heavy atom. The van der Waals surface area contributed by atoms with Crippen LogP contribution in [0.3, 0.4) is 0 Å². The van der Waals surface area contributed by atoms with Gasteiger partial charge in [0.1, 0.15) is 0 Å². The highest BCUT2D eigenvalue weighted by molar-refractivity contribution is 7.71. The molecule has 6 nitrogen and oxygen atoms in total. The summed E-state index contributed by atoms with van der Waals surface area (Å²) in [6, 6.07) is 0.396. The minimum atomic E-state index is 0.0417. The van der Waals surface area contributed by atoms with Crippen LogP contribution in [0.1, 0.15) is 19.3 Å². The van der Waals surface area contributed by atoms with E-state index < -0.39 is 0 Å². The predicted molar refractivity (Wildman–Crippen MR) is 57.6 cm³/mol. The van der Waals surface area contributed by atoms with Crippen LogP contribution in [0, 0.1) is 4.77 Å². The van der Waals surface area contributed by atoms with Crippen LogP contribution in [-0.2, 0) is 11.3 Å². The summed E-state index contributed by atoms with van der Waals surface area (Å²) in [5, 5.41) is 9.23. The van der Waals surface area contributed by atoms with E-state index in [-0.39, 0.29) is 5.91 Å². The molecule has 1 heterocycles. The summed E-state index contributed by atoms with van der Waals surface area (Å²) in [5.41, 5.74) is 5.56. The number of H-pyrrole nitrogens is 1. The maximum atomic E-state index is 11.4. The molecular weight excluding hydrogens is 214 g/mol. The van der Waals surface area contributed by atoms with Crippen molar-refractivity contribution < 1.29 is 4.79 Å². The zero-order valence-corrected chi connectivity index (χ0v) is 9.01. The molecule has 82 valence electrons. The molecule has 1 aliphatic carbocycles. The van der Waals surface area contributed by atoms with Gasteiger partial charge in [0, 0.05) is 19.0 Å². The summed E-state index contributed by atoms with van der Waals surface area (Å²) < 4.78 is 2.06. The van der Waals surface area contributed by atoms with Gasteiger partial charge in [-0.25, -0.2) is 5.10 Å². The summed E-state index contributed by atoms with van der Waals surface area (Å²) in [5.74, 6) is 0.360. The molecule has 4 N–H and O–H groups in total. The van der Waals surface area contributed by atoms with Gasteiger partial charge in [0.2, 0.25) is 11.9 Å². The lowest BCUT2D eigenvalue weighted by atomic mass is 10.4. The van der Waals surface area contributed by atoms with Crippen molar-refractivity contribution in [3.63, 3.8) is 0 Å². The molecule has 0 radical (unpaired) electrons. The second-order valence-electron chi connectivity index (χ2n) is 3.63. The number of amides is 1. The first-order valence-corrected chi connectivity index (χ1v) is 5.27. The summed E-state index contributed by atoms with van der Waals surface area (Å²) in [4.78, 5) is 11.4. The van der Waals surface area contributed by atoms with Gasteiger partial charge in [-0.3, -0.25) is 9.36 Å². The van der Waals surface area contributed by atoms with Crippen LogP contribution >= 0.6 is 12.2 Å². The fraction of sp³-hybridized carbons (Fsp3) is 0.625. The molecule has 1 amide bonds. The van der Waals surface area contributed by atoms with E-state index in [1.165, 1.54) is 0 Å². The number of hydrogen-bond donors (Lipinski definition) is 3. The maximum absolute atomic E-state index is 11.4. The third-order valence-corrected chi connectivity index (χ3v) is 2.60. The van der Waals surface area contributed by atoms with Crippen molar-refractivity contribution in [3.05, 3.63) is 4.77 Å². The maximum Gasteiger partial charge on any atom is 0.222 e. The zero-order chi connectivity index (χ0) is 10.8. The summed E-state index contributed by atoms with van der Waals surface area (Å²) >= 11 is 4.96. The van der Waals surface area contributed by atoms with Crippen LogP contribution in [-0.4, -0.2) is 26.7 Å². The monoisotopic (exact) mass is 227 g/mol. The van der Waals surface area contributed by atoms with Crippen molar-refractivity contribution in [2.24, 2.45) is 0 Å².